The van der Waals surface area contributed by atoms with E-state index in [1.165, 1.54) is 24.2 Å². The van der Waals surface area contributed by atoms with E-state index in [0.717, 1.165) is 11.7 Å². The maximum atomic E-state index is 13.9. The number of benzene rings is 1. The molecule has 2 nitrogen and oxygen atoms in total. The molecule has 1 fully saturated rings. The first-order valence-corrected chi connectivity index (χ1v) is 12.2. The molecule has 0 radical (unpaired) electrons. The highest BCUT2D eigenvalue weighted by atomic mass is 32.7. The van der Waals surface area contributed by atoms with Crippen LogP contribution in [0, 0.1) is 17.8 Å². The van der Waals surface area contributed by atoms with Crippen LogP contribution < -0.4 is 5.30 Å². The molecule has 0 bridgehead atoms. The molecule has 136 valence electrons. The summed E-state index contributed by atoms with van der Waals surface area (Å²) in [4.78, 5) is 0. The molecule has 4 atom stereocenters. The van der Waals surface area contributed by atoms with Crippen molar-refractivity contribution in [1.29, 1.82) is 0 Å². The molecule has 0 amide bonds. The van der Waals surface area contributed by atoms with Gasteiger partial charge in [0, 0.05) is 10.1 Å². The fraction of sp³-hybridized carbons (Fsp3) is 0.700. The molecule has 1 aliphatic rings. The Labute approximate surface area is 152 Å². The van der Waals surface area contributed by atoms with Crippen LogP contribution in [0.1, 0.15) is 60.8 Å². The van der Waals surface area contributed by atoms with Crippen molar-refractivity contribution in [3.8, 4) is 0 Å². The Kier molecular flexibility index (Phi) is 6.67. The second kappa shape index (κ2) is 7.98. The van der Waals surface area contributed by atoms with E-state index in [1.54, 1.807) is 0 Å². The van der Waals surface area contributed by atoms with E-state index in [-0.39, 0.29) is 10.9 Å². The summed E-state index contributed by atoms with van der Waals surface area (Å²) in [6.07, 6.45) is 3.54. The molecule has 4 heteroatoms. The van der Waals surface area contributed by atoms with Crippen molar-refractivity contribution >= 4 is 23.3 Å². The Morgan fingerprint density at radius 2 is 1.79 bits per heavy atom. The predicted octanol–water partition coefficient (Wildman–Crippen LogP) is 6.51. The van der Waals surface area contributed by atoms with Crippen molar-refractivity contribution in [2.45, 2.75) is 71.7 Å². The van der Waals surface area contributed by atoms with Gasteiger partial charge in [0.25, 0.3) is 6.57 Å². The number of rotatable bonds is 5. The lowest BCUT2D eigenvalue weighted by Gasteiger charge is -2.39. The Balaban J connectivity index is 2.32. The first-order valence-electron chi connectivity index (χ1n) is 9.15. The Morgan fingerprint density at radius 1 is 1.17 bits per heavy atom. The molecule has 0 spiro atoms. The van der Waals surface area contributed by atoms with Crippen LogP contribution in [-0.4, -0.2) is 10.9 Å². The van der Waals surface area contributed by atoms with Crippen LogP contribution in [0.25, 0.3) is 0 Å². The molecule has 24 heavy (non-hydrogen) atoms. The van der Waals surface area contributed by atoms with Crippen LogP contribution in [0.3, 0.4) is 0 Å². The fourth-order valence-electron chi connectivity index (χ4n) is 3.52. The van der Waals surface area contributed by atoms with E-state index >= 15 is 0 Å². The highest BCUT2D eigenvalue weighted by molar-refractivity contribution is 8.59. The molecular weight excluding hydrogens is 335 g/mol. The average Bonchev–Trinajstić information content (AvgIpc) is 2.46. The summed E-state index contributed by atoms with van der Waals surface area (Å²) in [5, 5.41) is 0.839. The standard InChI is InChI=1S/C20H33O2PS/c1-15(2)18-13-12-16(3)14-19(18)22-23(21,24-20(4,5)6)17-10-8-7-9-11-17/h7-11,15-16,18-19H,12-14H2,1-6H3/t16-,18+,19-,23?/m1/s1. The van der Waals surface area contributed by atoms with Gasteiger partial charge in [0.2, 0.25) is 0 Å². The first kappa shape index (κ1) is 20.1. The van der Waals surface area contributed by atoms with E-state index in [0.29, 0.717) is 17.8 Å². The van der Waals surface area contributed by atoms with Crippen LogP contribution in [-0.2, 0) is 9.09 Å². The maximum Gasteiger partial charge on any atom is 0.287 e. The minimum atomic E-state index is -2.95. The van der Waals surface area contributed by atoms with Gasteiger partial charge in [-0.15, -0.1) is 0 Å². The predicted molar refractivity (Wildman–Crippen MR) is 107 cm³/mol. The summed E-state index contributed by atoms with van der Waals surface area (Å²) in [5.74, 6) is 1.71. The smallest absolute Gasteiger partial charge is 0.287 e. The van der Waals surface area contributed by atoms with Gasteiger partial charge in [-0.1, -0.05) is 77.5 Å². The molecule has 1 unspecified atom stereocenters. The SMILES string of the molecule is CC(C)[C@@H]1CC[C@@H](C)C[C@H]1OP(=O)(SC(C)(C)C)c1ccccc1. The fourth-order valence-corrected chi connectivity index (χ4v) is 8.95. The van der Waals surface area contributed by atoms with E-state index in [4.69, 9.17) is 4.52 Å². The average molecular weight is 369 g/mol. The van der Waals surface area contributed by atoms with Crippen LogP contribution in [0.5, 0.6) is 0 Å². The van der Waals surface area contributed by atoms with E-state index < -0.39 is 6.57 Å². The quantitative estimate of drug-likeness (QED) is 0.554. The van der Waals surface area contributed by atoms with Gasteiger partial charge in [-0.25, -0.2) is 0 Å². The molecular formula is C20H33O2PS. The zero-order chi connectivity index (χ0) is 18.0. The normalized spacial score (nSPS) is 27.9. The largest absolute Gasteiger partial charge is 0.314 e. The van der Waals surface area contributed by atoms with Crippen molar-refractivity contribution in [2.75, 3.05) is 0 Å². The second-order valence-electron chi connectivity index (χ2n) is 8.51. The van der Waals surface area contributed by atoms with Gasteiger partial charge in [0.05, 0.1) is 6.10 Å². The first-order chi connectivity index (χ1) is 11.1. The molecule has 0 aliphatic heterocycles. The molecule has 1 aromatic carbocycles. The zero-order valence-corrected chi connectivity index (χ0v) is 17.7. The topological polar surface area (TPSA) is 26.3 Å². The number of hydrogen-bond acceptors (Lipinski definition) is 3. The van der Waals surface area contributed by atoms with E-state index in [1.807, 2.05) is 30.3 Å². The summed E-state index contributed by atoms with van der Waals surface area (Å²) in [6, 6.07) is 9.79. The lowest BCUT2D eigenvalue weighted by atomic mass is 9.75. The van der Waals surface area contributed by atoms with Crippen molar-refractivity contribution in [2.24, 2.45) is 17.8 Å². The Morgan fingerprint density at radius 3 is 2.33 bits per heavy atom. The van der Waals surface area contributed by atoms with Crippen molar-refractivity contribution in [1.82, 2.24) is 0 Å². The highest BCUT2D eigenvalue weighted by Crippen LogP contribution is 2.65. The Hall–Kier alpha value is -0.240. The molecule has 0 aromatic heterocycles. The van der Waals surface area contributed by atoms with Crippen molar-refractivity contribution < 1.29 is 9.09 Å². The summed E-state index contributed by atoms with van der Waals surface area (Å²) in [7, 11) is 0. The summed E-state index contributed by atoms with van der Waals surface area (Å²) in [6.45, 7) is 10.2. The lowest BCUT2D eigenvalue weighted by Crippen LogP contribution is -2.34. The number of hydrogen-bond donors (Lipinski definition) is 0. The highest BCUT2D eigenvalue weighted by Gasteiger charge is 2.40. The molecule has 2 rings (SSSR count). The van der Waals surface area contributed by atoms with Gasteiger partial charge in [0.15, 0.2) is 0 Å². The molecule has 1 saturated carbocycles. The third kappa shape index (κ3) is 5.38. The van der Waals surface area contributed by atoms with E-state index in [9.17, 15) is 4.57 Å². The third-order valence-corrected chi connectivity index (χ3v) is 10.2. The zero-order valence-electron chi connectivity index (χ0n) is 16.0. The lowest BCUT2D eigenvalue weighted by molar-refractivity contribution is 0.0526. The van der Waals surface area contributed by atoms with Gasteiger partial charge in [0.1, 0.15) is 0 Å². The third-order valence-electron chi connectivity index (χ3n) is 4.70. The molecule has 0 N–H and O–H groups in total. The molecule has 1 aliphatic carbocycles. The van der Waals surface area contributed by atoms with E-state index in [2.05, 4.69) is 41.5 Å². The van der Waals surface area contributed by atoms with Crippen LogP contribution in [0.4, 0.5) is 0 Å². The van der Waals surface area contributed by atoms with Crippen LogP contribution in [0.2, 0.25) is 0 Å². The minimum Gasteiger partial charge on any atom is -0.314 e. The van der Waals surface area contributed by atoms with Gasteiger partial charge in [-0.2, -0.15) is 0 Å². The minimum absolute atomic E-state index is 0.0923. The van der Waals surface area contributed by atoms with Gasteiger partial charge in [-0.05, 0) is 42.7 Å². The molecule has 0 saturated heterocycles. The van der Waals surface area contributed by atoms with Gasteiger partial charge < -0.3 is 4.52 Å². The van der Waals surface area contributed by atoms with Crippen LogP contribution in [0.15, 0.2) is 30.3 Å². The van der Waals surface area contributed by atoms with Crippen LogP contribution >= 0.6 is 18.0 Å². The summed E-state index contributed by atoms with van der Waals surface area (Å²) < 4.78 is 20.3. The molecule has 1 aromatic rings. The summed E-state index contributed by atoms with van der Waals surface area (Å²) in [5.41, 5.74) is 0. The van der Waals surface area contributed by atoms with Gasteiger partial charge >= 0.3 is 0 Å². The van der Waals surface area contributed by atoms with Crippen molar-refractivity contribution in [3.05, 3.63) is 30.3 Å². The Bertz CT molecular complexity index is 565. The monoisotopic (exact) mass is 368 g/mol. The maximum absolute atomic E-state index is 13.9. The van der Waals surface area contributed by atoms with Crippen molar-refractivity contribution in [3.63, 3.8) is 0 Å². The second-order valence-corrected chi connectivity index (χ2v) is 13.6. The molecule has 0 heterocycles. The van der Waals surface area contributed by atoms with Gasteiger partial charge in [-0.3, -0.25) is 4.57 Å². The summed E-state index contributed by atoms with van der Waals surface area (Å²) >= 11 is 1.50.